The molecule has 0 unspecified atom stereocenters. The van der Waals surface area contributed by atoms with E-state index in [1.54, 1.807) is 0 Å². The van der Waals surface area contributed by atoms with Crippen molar-refractivity contribution < 1.29 is 0 Å². The third-order valence-electron chi connectivity index (χ3n) is 3.32. The number of hydrogen-bond acceptors (Lipinski definition) is 4. The van der Waals surface area contributed by atoms with Crippen LogP contribution in [0.5, 0.6) is 0 Å². The highest BCUT2D eigenvalue weighted by atomic mass is 15.1. The third-order valence-corrected chi connectivity index (χ3v) is 3.32. The van der Waals surface area contributed by atoms with Crippen molar-refractivity contribution in [1.29, 1.82) is 0 Å². The molecule has 2 aliphatic rings. The van der Waals surface area contributed by atoms with Crippen LogP contribution in [0.15, 0.2) is 0 Å². The summed E-state index contributed by atoms with van der Waals surface area (Å²) < 4.78 is 0. The van der Waals surface area contributed by atoms with Crippen LogP contribution in [0.25, 0.3) is 0 Å². The van der Waals surface area contributed by atoms with Crippen LogP contribution in [0.1, 0.15) is 49.7 Å². The zero-order valence-corrected chi connectivity index (χ0v) is 10.6. The first-order valence-electron chi connectivity index (χ1n) is 6.61. The summed E-state index contributed by atoms with van der Waals surface area (Å²) in [5.41, 5.74) is 2.53. The molecule has 4 nitrogen and oxygen atoms in total. The summed E-state index contributed by atoms with van der Waals surface area (Å²) in [6.45, 7) is 6.25. The Kier molecular flexibility index (Phi) is 2.74. The maximum absolute atomic E-state index is 4.74. The van der Waals surface area contributed by atoms with Gasteiger partial charge in [0.05, 0.1) is 5.69 Å². The minimum atomic E-state index is 0.427. The highest BCUT2D eigenvalue weighted by Crippen LogP contribution is 2.39. The molecule has 2 heterocycles. The van der Waals surface area contributed by atoms with Crippen molar-refractivity contribution in [3.8, 4) is 0 Å². The maximum Gasteiger partial charge on any atom is 0.134 e. The first-order chi connectivity index (χ1) is 8.24. The molecule has 1 aliphatic carbocycles. The molecule has 0 saturated heterocycles. The van der Waals surface area contributed by atoms with Crippen LogP contribution in [0, 0.1) is 0 Å². The first kappa shape index (κ1) is 11.0. The minimum Gasteiger partial charge on any atom is -0.368 e. The van der Waals surface area contributed by atoms with Gasteiger partial charge in [0.1, 0.15) is 11.6 Å². The Labute approximate surface area is 102 Å². The Morgan fingerprint density at radius 3 is 2.82 bits per heavy atom. The number of fused-ring (bicyclic) bond motifs is 1. The van der Waals surface area contributed by atoms with Gasteiger partial charge >= 0.3 is 0 Å². The van der Waals surface area contributed by atoms with E-state index in [4.69, 9.17) is 9.97 Å². The predicted molar refractivity (Wildman–Crippen MR) is 68.2 cm³/mol. The van der Waals surface area contributed by atoms with E-state index < -0.39 is 0 Å². The lowest BCUT2D eigenvalue weighted by atomic mass is 10.1. The molecule has 4 heteroatoms. The van der Waals surface area contributed by atoms with Crippen molar-refractivity contribution in [2.45, 2.75) is 51.6 Å². The van der Waals surface area contributed by atoms with Gasteiger partial charge in [-0.2, -0.15) is 0 Å². The van der Waals surface area contributed by atoms with E-state index in [1.165, 1.54) is 24.1 Å². The third kappa shape index (κ3) is 2.27. The zero-order valence-electron chi connectivity index (χ0n) is 10.6. The average molecular weight is 232 g/mol. The van der Waals surface area contributed by atoms with Gasteiger partial charge in [0.2, 0.25) is 0 Å². The standard InChI is InChI=1S/C13H20N4/c1-8(2)15-13-10-5-6-14-7-11(10)16-12(17-13)9-3-4-9/h8-9,14H,3-7H2,1-2H3,(H,15,16,17). The van der Waals surface area contributed by atoms with Crippen molar-refractivity contribution in [2.75, 3.05) is 11.9 Å². The SMILES string of the molecule is CC(C)Nc1nc(C2CC2)nc2c1CCNC2. The van der Waals surface area contributed by atoms with E-state index in [0.717, 1.165) is 31.2 Å². The zero-order chi connectivity index (χ0) is 11.8. The predicted octanol–water partition coefficient (Wildman–Crippen LogP) is 1.82. The summed E-state index contributed by atoms with van der Waals surface area (Å²) >= 11 is 0. The Hall–Kier alpha value is -1.16. The molecule has 1 aliphatic heterocycles. The summed E-state index contributed by atoms with van der Waals surface area (Å²) in [7, 11) is 0. The second kappa shape index (κ2) is 4.26. The van der Waals surface area contributed by atoms with Crippen LogP contribution >= 0.6 is 0 Å². The summed E-state index contributed by atoms with van der Waals surface area (Å²) in [5, 5.41) is 6.87. The van der Waals surface area contributed by atoms with Crippen LogP contribution in [-0.4, -0.2) is 22.6 Å². The fourth-order valence-corrected chi connectivity index (χ4v) is 2.30. The molecule has 1 fully saturated rings. The molecule has 0 amide bonds. The summed E-state index contributed by atoms with van der Waals surface area (Å²) in [5.74, 6) is 2.75. The van der Waals surface area contributed by atoms with Gasteiger partial charge in [-0.1, -0.05) is 0 Å². The van der Waals surface area contributed by atoms with Gasteiger partial charge in [-0.15, -0.1) is 0 Å². The summed E-state index contributed by atoms with van der Waals surface area (Å²) in [6.07, 6.45) is 3.55. The smallest absolute Gasteiger partial charge is 0.134 e. The lowest BCUT2D eigenvalue weighted by Gasteiger charge is -2.21. The second-order valence-electron chi connectivity index (χ2n) is 5.36. The number of anilines is 1. The van der Waals surface area contributed by atoms with E-state index in [9.17, 15) is 0 Å². The van der Waals surface area contributed by atoms with Crippen LogP contribution in [0.4, 0.5) is 5.82 Å². The van der Waals surface area contributed by atoms with Gasteiger partial charge in [0, 0.05) is 24.1 Å². The van der Waals surface area contributed by atoms with E-state index in [-0.39, 0.29) is 0 Å². The Morgan fingerprint density at radius 2 is 2.12 bits per heavy atom. The number of nitrogens with one attached hydrogen (secondary N) is 2. The van der Waals surface area contributed by atoms with Gasteiger partial charge in [0.25, 0.3) is 0 Å². The van der Waals surface area contributed by atoms with Crippen LogP contribution < -0.4 is 10.6 Å². The van der Waals surface area contributed by atoms with Crippen molar-refractivity contribution in [3.63, 3.8) is 0 Å². The Bertz CT molecular complexity index is 424. The Balaban J connectivity index is 1.99. The largest absolute Gasteiger partial charge is 0.368 e. The van der Waals surface area contributed by atoms with E-state index in [0.29, 0.717) is 12.0 Å². The van der Waals surface area contributed by atoms with Crippen molar-refractivity contribution >= 4 is 5.82 Å². The molecule has 92 valence electrons. The van der Waals surface area contributed by atoms with Gasteiger partial charge in [-0.25, -0.2) is 9.97 Å². The van der Waals surface area contributed by atoms with Crippen LogP contribution in [-0.2, 0) is 13.0 Å². The number of hydrogen-bond donors (Lipinski definition) is 2. The fourth-order valence-electron chi connectivity index (χ4n) is 2.30. The molecule has 3 rings (SSSR count). The van der Waals surface area contributed by atoms with Crippen LogP contribution in [0.2, 0.25) is 0 Å². The molecule has 1 aromatic rings. The molecular weight excluding hydrogens is 212 g/mol. The van der Waals surface area contributed by atoms with Crippen molar-refractivity contribution in [1.82, 2.24) is 15.3 Å². The van der Waals surface area contributed by atoms with Gasteiger partial charge in [-0.3, -0.25) is 0 Å². The van der Waals surface area contributed by atoms with Crippen molar-refractivity contribution in [2.24, 2.45) is 0 Å². The monoisotopic (exact) mass is 232 g/mol. The number of nitrogens with zero attached hydrogens (tertiary/aromatic N) is 2. The molecule has 2 N–H and O–H groups in total. The quantitative estimate of drug-likeness (QED) is 0.834. The molecule has 0 aromatic carbocycles. The number of aromatic nitrogens is 2. The molecule has 0 atom stereocenters. The molecule has 17 heavy (non-hydrogen) atoms. The Morgan fingerprint density at radius 1 is 1.29 bits per heavy atom. The van der Waals surface area contributed by atoms with Gasteiger partial charge < -0.3 is 10.6 Å². The molecule has 0 spiro atoms. The topological polar surface area (TPSA) is 49.8 Å². The average Bonchev–Trinajstić information content (AvgIpc) is 3.12. The molecular formula is C13H20N4. The normalized spacial score (nSPS) is 19.2. The van der Waals surface area contributed by atoms with Gasteiger partial charge in [0.15, 0.2) is 0 Å². The lowest BCUT2D eigenvalue weighted by Crippen LogP contribution is -2.27. The molecule has 0 radical (unpaired) electrons. The second-order valence-corrected chi connectivity index (χ2v) is 5.36. The molecule has 1 saturated carbocycles. The lowest BCUT2D eigenvalue weighted by molar-refractivity contribution is 0.617. The maximum atomic E-state index is 4.74. The highest BCUT2D eigenvalue weighted by molar-refractivity contribution is 5.49. The van der Waals surface area contributed by atoms with E-state index >= 15 is 0 Å². The van der Waals surface area contributed by atoms with Crippen molar-refractivity contribution in [3.05, 3.63) is 17.1 Å². The first-order valence-corrected chi connectivity index (χ1v) is 6.61. The minimum absolute atomic E-state index is 0.427. The highest BCUT2D eigenvalue weighted by Gasteiger charge is 2.29. The fraction of sp³-hybridized carbons (Fsp3) is 0.692. The molecule has 0 bridgehead atoms. The van der Waals surface area contributed by atoms with E-state index in [1.807, 2.05) is 0 Å². The number of rotatable bonds is 3. The van der Waals surface area contributed by atoms with E-state index in [2.05, 4.69) is 24.5 Å². The summed E-state index contributed by atoms with van der Waals surface area (Å²) in [6, 6.07) is 0.427. The molecule has 1 aromatic heterocycles. The van der Waals surface area contributed by atoms with Gasteiger partial charge in [-0.05, 0) is 39.7 Å². The van der Waals surface area contributed by atoms with Crippen LogP contribution in [0.3, 0.4) is 0 Å². The summed E-state index contributed by atoms with van der Waals surface area (Å²) in [4.78, 5) is 9.47.